The highest BCUT2D eigenvalue weighted by atomic mass is 32.2. The summed E-state index contributed by atoms with van der Waals surface area (Å²) in [5.74, 6) is 0. The van der Waals surface area contributed by atoms with Crippen molar-refractivity contribution in [3.8, 4) is 0 Å². The van der Waals surface area contributed by atoms with Gasteiger partial charge in [-0.05, 0) is 12.1 Å². The highest BCUT2D eigenvalue weighted by Crippen LogP contribution is 2.07. The Hall–Kier alpha value is -1.56. The molecule has 0 amide bonds. The zero-order valence-electron chi connectivity index (χ0n) is 7.45. The average Bonchev–Trinajstić information content (AvgIpc) is 2.18. The van der Waals surface area contributed by atoms with Crippen LogP contribution >= 0.6 is 0 Å². The van der Waals surface area contributed by atoms with Gasteiger partial charge < -0.3 is 4.84 Å². The second-order valence-electron chi connectivity index (χ2n) is 2.43. The van der Waals surface area contributed by atoms with Gasteiger partial charge in [0.05, 0.1) is 9.80 Å². The van der Waals surface area contributed by atoms with Gasteiger partial charge in [-0.25, -0.2) is 8.42 Å². The zero-order chi connectivity index (χ0) is 10.6. The predicted octanol–water partition coefficient (Wildman–Crippen LogP) is 0.560. The van der Waals surface area contributed by atoms with Crippen molar-refractivity contribution in [3.63, 3.8) is 0 Å². The first-order chi connectivity index (χ1) is 6.56. The summed E-state index contributed by atoms with van der Waals surface area (Å²) in [6.07, 6.45) is 0. The minimum atomic E-state index is -3.71. The van der Waals surface area contributed by atoms with Crippen molar-refractivity contribution in [2.75, 3.05) is 7.11 Å². The van der Waals surface area contributed by atoms with E-state index >= 15 is 0 Å². The molecule has 0 fully saturated rings. The lowest BCUT2D eigenvalue weighted by molar-refractivity contribution is -0.728. The molecule has 5 nitrogen and oxygen atoms in total. The van der Waals surface area contributed by atoms with E-state index in [0.717, 1.165) is 7.11 Å². The van der Waals surface area contributed by atoms with Crippen LogP contribution in [0.2, 0.25) is 0 Å². The topological polar surface area (TPSA) is 69.4 Å². The van der Waals surface area contributed by atoms with E-state index in [9.17, 15) is 13.6 Å². The lowest BCUT2D eigenvalue weighted by Gasteiger charge is -1.97. The van der Waals surface area contributed by atoms with Crippen molar-refractivity contribution < 1.29 is 18.2 Å². The van der Waals surface area contributed by atoms with Crippen LogP contribution in [0.1, 0.15) is 0 Å². The van der Waals surface area contributed by atoms with E-state index in [-0.39, 0.29) is 9.80 Å². The molecule has 1 aromatic rings. The van der Waals surface area contributed by atoms with Crippen LogP contribution in [0.4, 0.5) is 0 Å². The van der Waals surface area contributed by atoms with E-state index in [1.807, 2.05) is 0 Å². The van der Waals surface area contributed by atoms with E-state index in [1.54, 1.807) is 18.2 Å². The van der Waals surface area contributed by atoms with Gasteiger partial charge in [-0.2, -0.15) is 0 Å². The number of sulfone groups is 1. The maximum absolute atomic E-state index is 11.4. The first-order valence-corrected chi connectivity index (χ1v) is 5.26. The van der Waals surface area contributed by atoms with Crippen LogP contribution in [0.15, 0.2) is 35.2 Å². The van der Waals surface area contributed by atoms with Crippen LogP contribution in [-0.2, 0) is 14.7 Å². The molecule has 0 N–H and O–H groups in total. The Bertz CT molecular complexity index is 424. The Morgan fingerprint density at radius 3 is 2.43 bits per heavy atom. The van der Waals surface area contributed by atoms with Crippen LogP contribution in [0.5, 0.6) is 0 Å². The summed E-state index contributed by atoms with van der Waals surface area (Å²) in [6, 6.07) is 7.63. The number of hydrogen-bond acceptors (Lipinski definition) is 4. The van der Waals surface area contributed by atoms with Gasteiger partial charge in [0.25, 0.3) is 9.84 Å². The van der Waals surface area contributed by atoms with Crippen molar-refractivity contribution in [2.45, 2.75) is 4.90 Å². The van der Waals surface area contributed by atoms with Gasteiger partial charge in [-0.15, -0.1) is 0 Å². The summed E-state index contributed by atoms with van der Waals surface area (Å²) < 4.78 is 22.8. The molecule has 76 valence electrons. The smallest absolute Gasteiger partial charge is 0.327 e. The fourth-order valence-corrected chi connectivity index (χ4v) is 1.80. The van der Waals surface area contributed by atoms with Crippen LogP contribution in [-0.4, -0.2) is 26.0 Å². The molecule has 6 heteroatoms. The number of benzene rings is 1. The monoisotopic (exact) mass is 215 g/mol. The molecule has 0 spiro atoms. The molecule has 1 rings (SSSR count). The van der Waals surface area contributed by atoms with Crippen molar-refractivity contribution in [2.24, 2.45) is 0 Å². The quantitative estimate of drug-likeness (QED) is 0.320. The summed E-state index contributed by atoms with van der Waals surface area (Å²) >= 11 is 0. The molecule has 0 heterocycles. The molecule has 0 radical (unpaired) electrons. The normalized spacial score (nSPS) is 12.5. The molecule has 0 aliphatic rings. The summed E-state index contributed by atoms with van der Waals surface area (Å²) in [5.41, 5.74) is 0.475. The van der Waals surface area contributed by atoms with Gasteiger partial charge >= 0.3 is 5.55 Å². The van der Waals surface area contributed by atoms with E-state index in [4.69, 9.17) is 0 Å². The summed E-state index contributed by atoms with van der Waals surface area (Å²) in [4.78, 5) is 4.10. The maximum atomic E-state index is 11.4. The molecule has 0 unspecified atom stereocenters. The van der Waals surface area contributed by atoms with Gasteiger partial charge in [-0.3, -0.25) is 5.21 Å². The second kappa shape index (κ2) is 4.10. The first kappa shape index (κ1) is 10.5. The number of nitrogens with zero attached hydrogens (tertiary/aromatic N) is 1. The molecule has 1 aromatic carbocycles. The fraction of sp³-hybridized carbons (Fsp3) is 0.125. The van der Waals surface area contributed by atoms with Gasteiger partial charge in [-0.1, -0.05) is 18.2 Å². The van der Waals surface area contributed by atoms with Crippen molar-refractivity contribution in [1.82, 2.24) is 0 Å². The van der Waals surface area contributed by atoms with Gasteiger partial charge in [0.15, 0.2) is 0 Å². The van der Waals surface area contributed by atoms with Crippen LogP contribution < -0.4 is 0 Å². The Balaban J connectivity index is 3.11. The number of rotatable bonds is 3. The predicted molar refractivity (Wildman–Crippen MR) is 50.3 cm³/mol. The van der Waals surface area contributed by atoms with E-state index in [0.29, 0.717) is 5.55 Å². The first-order valence-electron chi connectivity index (χ1n) is 3.72. The molecule has 0 atom stereocenters. The van der Waals surface area contributed by atoms with Crippen LogP contribution in [0.25, 0.3) is 0 Å². The molecule has 0 bridgehead atoms. The standard InChI is InChI=1S/C8H9NO4S/c1-13-9(10)7-14(11,12)8-5-3-2-4-6-8/h2-7H,1H3/b9-7+. The molecule has 0 aromatic heterocycles. The molecule has 14 heavy (non-hydrogen) atoms. The zero-order valence-corrected chi connectivity index (χ0v) is 8.27. The highest BCUT2D eigenvalue weighted by molar-refractivity contribution is 8.04. The Morgan fingerprint density at radius 2 is 1.93 bits per heavy atom. The summed E-state index contributed by atoms with van der Waals surface area (Å²) in [7, 11) is -2.62. The second-order valence-corrected chi connectivity index (χ2v) is 4.20. The molecule has 0 aliphatic carbocycles. The largest absolute Gasteiger partial charge is 0.406 e. The van der Waals surface area contributed by atoms with Crippen LogP contribution in [0.3, 0.4) is 0 Å². The minimum absolute atomic E-state index is 0.0536. The minimum Gasteiger partial charge on any atom is -0.406 e. The van der Waals surface area contributed by atoms with Gasteiger partial charge in [0.2, 0.25) is 0 Å². The van der Waals surface area contributed by atoms with E-state index in [1.165, 1.54) is 12.1 Å². The van der Waals surface area contributed by atoms with Crippen molar-refractivity contribution >= 4 is 15.4 Å². The fourth-order valence-electron chi connectivity index (χ4n) is 0.827. The SMILES string of the molecule is CO/[N+]([O-])=C/S(=O)(=O)c1ccccc1. The van der Waals surface area contributed by atoms with Crippen molar-refractivity contribution in [1.29, 1.82) is 0 Å². The third-order valence-electron chi connectivity index (χ3n) is 1.48. The van der Waals surface area contributed by atoms with Crippen molar-refractivity contribution in [3.05, 3.63) is 35.5 Å². The lowest BCUT2D eigenvalue weighted by atomic mass is 10.4. The summed E-state index contributed by atoms with van der Waals surface area (Å²) in [5, 5.41) is 10.7. The Kier molecular flexibility index (Phi) is 3.08. The average molecular weight is 215 g/mol. The molecule has 0 saturated carbocycles. The number of hydrogen-bond donors (Lipinski definition) is 0. The van der Waals surface area contributed by atoms with E-state index in [2.05, 4.69) is 4.84 Å². The maximum Gasteiger partial charge on any atom is 0.327 e. The molecular weight excluding hydrogens is 206 g/mol. The Labute approximate surface area is 81.7 Å². The third-order valence-corrected chi connectivity index (χ3v) is 2.86. The van der Waals surface area contributed by atoms with Gasteiger partial charge in [0.1, 0.15) is 0 Å². The Morgan fingerprint density at radius 1 is 1.36 bits per heavy atom. The molecule has 0 aliphatic heterocycles. The molecule has 0 saturated heterocycles. The summed E-state index contributed by atoms with van der Waals surface area (Å²) in [6.45, 7) is 0. The third kappa shape index (κ3) is 2.46. The molecular formula is C8H9NO4S. The van der Waals surface area contributed by atoms with Gasteiger partial charge in [0, 0.05) is 7.11 Å². The highest BCUT2D eigenvalue weighted by Gasteiger charge is 2.16. The van der Waals surface area contributed by atoms with Crippen LogP contribution in [0, 0.1) is 5.21 Å². The lowest BCUT2D eigenvalue weighted by Crippen LogP contribution is -2.12. The van der Waals surface area contributed by atoms with E-state index < -0.39 is 9.84 Å².